The van der Waals surface area contributed by atoms with Crippen LogP contribution in [0.5, 0.6) is 5.75 Å². The molecule has 3 rings (SSSR count). The molecule has 8 nitrogen and oxygen atoms in total. The van der Waals surface area contributed by atoms with Crippen molar-refractivity contribution in [3.8, 4) is 5.75 Å². The van der Waals surface area contributed by atoms with Crippen LogP contribution in [0.3, 0.4) is 0 Å². The van der Waals surface area contributed by atoms with Gasteiger partial charge in [-0.2, -0.15) is 0 Å². The largest absolute Gasteiger partial charge is 0.492 e. The van der Waals surface area contributed by atoms with Crippen LogP contribution in [0.25, 0.3) is 0 Å². The number of rotatable bonds is 6. The number of para-hydroxylation sites is 1. The van der Waals surface area contributed by atoms with Crippen LogP contribution in [-0.4, -0.2) is 66.1 Å². The van der Waals surface area contributed by atoms with E-state index in [-0.39, 0.29) is 30.8 Å². The molecule has 0 radical (unpaired) electrons. The summed E-state index contributed by atoms with van der Waals surface area (Å²) in [7, 11) is 0. The van der Waals surface area contributed by atoms with Crippen molar-refractivity contribution in [3.05, 3.63) is 65.0 Å². The van der Waals surface area contributed by atoms with Crippen molar-refractivity contribution < 1.29 is 28.2 Å². The SMILES string of the molecule is CC.CC(C)(C)OC(=O)N1CCN(C(=O)c2cc(CCOc3ccccc3C(N)=O)ccc2F)CC1. The number of primary amides is 1. The zero-order chi connectivity index (χ0) is 26.9. The number of amides is 3. The zero-order valence-electron chi connectivity index (χ0n) is 21.7. The van der Waals surface area contributed by atoms with Crippen LogP contribution in [0.4, 0.5) is 9.18 Å². The highest BCUT2D eigenvalue weighted by molar-refractivity contribution is 5.95. The topological polar surface area (TPSA) is 102 Å². The van der Waals surface area contributed by atoms with Crippen LogP contribution in [0.2, 0.25) is 0 Å². The fourth-order valence-corrected chi connectivity index (χ4v) is 3.56. The fourth-order valence-electron chi connectivity index (χ4n) is 3.56. The molecule has 1 heterocycles. The lowest BCUT2D eigenvalue weighted by molar-refractivity contribution is 0.0140. The number of hydrogen-bond acceptors (Lipinski definition) is 5. The molecule has 0 bridgehead atoms. The van der Waals surface area contributed by atoms with E-state index in [1.54, 1.807) is 56.0 Å². The molecule has 9 heteroatoms. The van der Waals surface area contributed by atoms with Gasteiger partial charge in [-0.25, -0.2) is 9.18 Å². The molecule has 2 aromatic carbocycles. The Kier molecular flexibility index (Phi) is 10.3. The molecule has 196 valence electrons. The highest BCUT2D eigenvalue weighted by atomic mass is 19.1. The Hall–Kier alpha value is -3.62. The molecule has 2 N–H and O–H groups in total. The van der Waals surface area contributed by atoms with E-state index in [1.807, 2.05) is 13.8 Å². The Morgan fingerprint density at radius 3 is 2.17 bits per heavy atom. The quantitative estimate of drug-likeness (QED) is 0.637. The third-order valence-electron chi connectivity index (χ3n) is 5.28. The predicted molar refractivity (Wildman–Crippen MR) is 136 cm³/mol. The van der Waals surface area contributed by atoms with Gasteiger partial charge in [0.1, 0.15) is 17.2 Å². The maximum absolute atomic E-state index is 14.5. The molecule has 0 unspecified atom stereocenters. The van der Waals surface area contributed by atoms with E-state index in [0.717, 1.165) is 0 Å². The minimum atomic E-state index is -0.608. The van der Waals surface area contributed by atoms with E-state index in [0.29, 0.717) is 30.8 Å². The van der Waals surface area contributed by atoms with Crippen molar-refractivity contribution in [2.24, 2.45) is 5.73 Å². The normalized spacial score (nSPS) is 13.4. The summed E-state index contributed by atoms with van der Waals surface area (Å²) in [6, 6.07) is 11.0. The van der Waals surface area contributed by atoms with Gasteiger partial charge in [-0.15, -0.1) is 0 Å². The molecule has 0 aliphatic carbocycles. The summed E-state index contributed by atoms with van der Waals surface area (Å²) in [5.74, 6) is -1.25. The minimum absolute atomic E-state index is 0.0271. The van der Waals surface area contributed by atoms with Crippen LogP contribution in [0.15, 0.2) is 42.5 Å². The average molecular weight is 502 g/mol. The molecule has 0 atom stereocenters. The monoisotopic (exact) mass is 501 g/mol. The molecule has 2 aromatic rings. The van der Waals surface area contributed by atoms with Gasteiger partial charge >= 0.3 is 6.09 Å². The van der Waals surface area contributed by atoms with Crippen molar-refractivity contribution in [3.63, 3.8) is 0 Å². The first kappa shape index (κ1) is 28.6. The van der Waals surface area contributed by atoms with Crippen LogP contribution in [0, 0.1) is 5.82 Å². The number of nitrogens with two attached hydrogens (primary N) is 1. The van der Waals surface area contributed by atoms with Crippen LogP contribution in [0.1, 0.15) is 60.9 Å². The molecule has 0 spiro atoms. The summed E-state index contributed by atoms with van der Waals surface area (Å²) >= 11 is 0. The van der Waals surface area contributed by atoms with Crippen molar-refractivity contribution in [2.45, 2.75) is 46.6 Å². The first-order valence-corrected chi connectivity index (χ1v) is 12.1. The van der Waals surface area contributed by atoms with Crippen LogP contribution in [-0.2, 0) is 11.2 Å². The number of benzene rings is 2. The number of nitrogens with zero attached hydrogens (tertiary/aromatic N) is 2. The number of carbonyl (C=O) groups excluding carboxylic acids is 3. The molecule has 0 saturated carbocycles. The van der Waals surface area contributed by atoms with Gasteiger partial charge in [-0.1, -0.05) is 32.0 Å². The highest BCUT2D eigenvalue weighted by Gasteiger charge is 2.29. The van der Waals surface area contributed by atoms with E-state index in [2.05, 4.69) is 0 Å². The summed E-state index contributed by atoms with van der Waals surface area (Å²) < 4.78 is 25.5. The van der Waals surface area contributed by atoms with Gasteiger partial charge in [-0.3, -0.25) is 9.59 Å². The highest BCUT2D eigenvalue weighted by Crippen LogP contribution is 2.19. The Morgan fingerprint density at radius 2 is 1.56 bits per heavy atom. The van der Waals surface area contributed by atoms with Gasteiger partial charge in [0.05, 0.1) is 17.7 Å². The first-order valence-electron chi connectivity index (χ1n) is 12.1. The summed E-state index contributed by atoms with van der Waals surface area (Å²) in [4.78, 5) is 39.8. The average Bonchev–Trinajstić information content (AvgIpc) is 2.85. The maximum atomic E-state index is 14.5. The van der Waals surface area contributed by atoms with Gasteiger partial charge < -0.3 is 25.0 Å². The summed E-state index contributed by atoms with van der Waals surface area (Å²) in [5, 5.41) is 0. The van der Waals surface area contributed by atoms with Crippen LogP contribution >= 0.6 is 0 Å². The van der Waals surface area contributed by atoms with E-state index >= 15 is 0 Å². The first-order chi connectivity index (χ1) is 17.0. The van der Waals surface area contributed by atoms with Gasteiger partial charge in [0.2, 0.25) is 0 Å². The van der Waals surface area contributed by atoms with Gasteiger partial charge in [0, 0.05) is 32.6 Å². The second kappa shape index (κ2) is 12.9. The van der Waals surface area contributed by atoms with Gasteiger partial charge in [0.15, 0.2) is 0 Å². The van der Waals surface area contributed by atoms with E-state index in [4.69, 9.17) is 15.2 Å². The molecule has 1 fully saturated rings. The van der Waals surface area contributed by atoms with Crippen molar-refractivity contribution in [1.29, 1.82) is 0 Å². The van der Waals surface area contributed by atoms with E-state index < -0.39 is 29.3 Å². The van der Waals surface area contributed by atoms with Crippen molar-refractivity contribution in [1.82, 2.24) is 9.80 Å². The predicted octanol–water partition coefficient (Wildman–Crippen LogP) is 4.27. The van der Waals surface area contributed by atoms with Gasteiger partial charge in [-0.05, 0) is 50.6 Å². The molecule has 1 saturated heterocycles. The van der Waals surface area contributed by atoms with Gasteiger partial charge in [0.25, 0.3) is 11.8 Å². The molecular formula is C27H36FN3O5. The maximum Gasteiger partial charge on any atom is 0.410 e. The molecule has 0 aromatic heterocycles. The summed E-state index contributed by atoms with van der Waals surface area (Å²) in [6.45, 7) is 10.8. The van der Waals surface area contributed by atoms with Crippen LogP contribution < -0.4 is 10.5 Å². The minimum Gasteiger partial charge on any atom is -0.492 e. The lowest BCUT2D eigenvalue weighted by Gasteiger charge is -2.35. The number of piperazine rings is 1. The molecule has 36 heavy (non-hydrogen) atoms. The number of hydrogen-bond donors (Lipinski definition) is 1. The number of ether oxygens (including phenoxy) is 2. The van der Waals surface area contributed by atoms with E-state index in [1.165, 1.54) is 17.0 Å². The fraction of sp³-hybridized carbons (Fsp3) is 0.444. The second-order valence-electron chi connectivity index (χ2n) is 9.03. The van der Waals surface area contributed by atoms with Crippen molar-refractivity contribution >= 4 is 17.9 Å². The molecular weight excluding hydrogens is 465 g/mol. The lowest BCUT2D eigenvalue weighted by atomic mass is 10.1. The standard InChI is InChI=1S/C25H30FN3O5.C2H6/c1-25(2,3)34-24(32)29-13-11-28(12-14-29)23(31)19-16-17(8-9-20(19)26)10-15-33-21-7-5-4-6-18(21)22(27)30;1-2/h4-9,16H,10-15H2,1-3H3,(H2,27,30);1-2H3. The number of halogens is 1. The summed E-state index contributed by atoms with van der Waals surface area (Å²) in [5.41, 5.74) is 5.73. The summed E-state index contributed by atoms with van der Waals surface area (Å²) in [6.07, 6.45) is -0.0224. The Bertz CT molecular complexity index is 1060. The molecule has 1 aliphatic rings. The van der Waals surface area contributed by atoms with Crippen molar-refractivity contribution in [2.75, 3.05) is 32.8 Å². The van der Waals surface area contributed by atoms with E-state index in [9.17, 15) is 18.8 Å². The molecule has 1 aliphatic heterocycles. The molecule has 3 amide bonds. The number of carbonyl (C=O) groups is 3. The Labute approximate surface area is 212 Å². The third-order valence-corrected chi connectivity index (χ3v) is 5.28. The smallest absolute Gasteiger partial charge is 0.410 e. The Balaban J connectivity index is 0.00000222. The second-order valence-corrected chi connectivity index (χ2v) is 9.03. The third kappa shape index (κ3) is 7.96. The lowest BCUT2D eigenvalue weighted by Crippen LogP contribution is -2.51. The zero-order valence-corrected chi connectivity index (χ0v) is 21.7. The Morgan fingerprint density at radius 1 is 0.944 bits per heavy atom.